The van der Waals surface area contributed by atoms with Crippen molar-refractivity contribution in [1.82, 2.24) is 4.83 Å². The van der Waals surface area contributed by atoms with Gasteiger partial charge in [-0.1, -0.05) is 11.6 Å². The summed E-state index contributed by atoms with van der Waals surface area (Å²) in [6, 6.07) is 10.3. The third kappa shape index (κ3) is 3.90. The number of hydrazone groups is 1. The van der Waals surface area contributed by atoms with Crippen LogP contribution in [-0.2, 0) is 10.0 Å². The van der Waals surface area contributed by atoms with E-state index in [1.54, 1.807) is 12.1 Å². The molecule has 0 aromatic heterocycles. The average molecular weight is 341 g/mol. The van der Waals surface area contributed by atoms with Crippen LogP contribution in [0.15, 0.2) is 52.5 Å². The number of hydrogen-bond donors (Lipinski definition) is 2. The highest BCUT2D eigenvalue weighted by atomic mass is 35.5. The minimum absolute atomic E-state index is 0.0478. The molecule has 2 rings (SSSR count). The summed E-state index contributed by atoms with van der Waals surface area (Å²) in [5.74, 6) is 0.255. The number of benzene rings is 2. The molecule has 0 fully saturated rings. The molecule has 6 nitrogen and oxygen atoms in total. The number of nitrogens with one attached hydrogen (secondary N) is 1. The number of ether oxygens (including phenoxy) is 1. The predicted molar refractivity (Wildman–Crippen MR) is 84.0 cm³/mol. The quantitative estimate of drug-likeness (QED) is 0.646. The number of nitrogens with zero attached hydrogens (tertiary/aromatic N) is 1. The molecule has 116 valence electrons. The second-order valence-electron chi connectivity index (χ2n) is 4.24. The van der Waals surface area contributed by atoms with Crippen LogP contribution in [0.5, 0.6) is 11.5 Å². The molecule has 2 aromatic rings. The summed E-state index contributed by atoms with van der Waals surface area (Å²) in [6.45, 7) is 0. The zero-order valence-electron chi connectivity index (χ0n) is 11.5. The minimum atomic E-state index is -3.76. The van der Waals surface area contributed by atoms with Gasteiger partial charge in [0.1, 0.15) is 0 Å². The lowest BCUT2D eigenvalue weighted by Gasteiger charge is -2.04. The lowest BCUT2D eigenvalue weighted by molar-refractivity contribution is 0.373. The molecule has 0 spiro atoms. The zero-order chi connectivity index (χ0) is 16.2. The normalized spacial score (nSPS) is 11.5. The van der Waals surface area contributed by atoms with Gasteiger partial charge in [0, 0.05) is 5.02 Å². The highest BCUT2D eigenvalue weighted by molar-refractivity contribution is 7.89. The van der Waals surface area contributed by atoms with Crippen molar-refractivity contribution in [3.8, 4) is 11.5 Å². The van der Waals surface area contributed by atoms with Gasteiger partial charge in [0.05, 0.1) is 18.2 Å². The maximum absolute atomic E-state index is 12.0. The third-order valence-corrected chi connectivity index (χ3v) is 4.20. The van der Waals surface area contributed by atoms with Crippen molar-refractivity contribution in [2.45, 2.75) is 4.90 Å². The summed E-state index contributed by atoms with van der Waals surface area (Å²) in [6.07, 6.45) is 1.27. The third-order valence-electron chi connectivity index (χ3n) is 2.71. The lowest BCUT2D eigenvalue weighted by atomic mass is 10.2. The van der Waals surface area contributed by atoms with Crippen LogP contribution in [0.2, 0.25) is 5.02 Å². The molecule has 0 aliphatic heterocycles. The molecule has 0 saturated carbocycles. The average Bonchev–Trinajstić information content (AvgIpc) is 2.48. The van der Waals surface area contributed by atoms with Gasteiger partial charge in [0.2, 0.25) is 0 Å². The van der Waals surface area contributed by atoms with Crippen LogP contribution in [0.4, 0.5) is 0 Å². The van der Waals surface area contributed by atoms with Gasteiger partial charge in [-0.15, -0.1) is 0 Å². The summed E-state index contributed by atoms with van der Waals surface area (Å²) >= 11 is 5.71. The smallest absolute Gasteiger partial charge is 0.276 e. The maximum Gasteiger partial charge on any atom is 0.276 e. The van der Waals surface area contributed by atoms with Crippen LogP contribution in [0.3, 0.4) is 0 Å². The van der Waals surface area contributed by atoms with E-state index in [1.165, 1.54) is 43.7 Å². The molecule has 2 aromatic carbocycles. The van der Waals surface area contributed by atoms with Crippen LogP contribution in [0.1, 0.15) is 5.56 Å². The van der Waals surface area contributed by atoms with Crippen molar-refractivity contribution >= 4 is 27.8 Å². The molecule has 0 amide bonds. The van der Waals surface area contributed by atoms with Crippen LogP contribution >= 0.6 is 11.6 Å². The summed E-state index contributed by atoms with van der Waals surface area (Å²) in [5, 5.41) is 13.7. The van der Waals surface area contributed by atoms with Crippen molar-refractivity contribution in [2.24, 2.45) is 5.10 Å². The molecular weight excluding hydrogens is 328 g/mol. The molecule has 0 unspecified atom stereocenters. The highest BCUT2D eigenvalue weighted by Crippen LogP contribution is 2.25. The fraction of sp³-hybridized carbons (Fsp3) is 0.0714. The number of hydrogen-bond acceptors (Lipinski definition) is 5. The molecule has 0 heterocycles. The number of halogens is 1. The zero-order valence-corrected chi connectivity index (χ0v) is 13.1. The Labute approximate surface area is 133 Å². The van der Waals surface area contributed by atoms with Gasteiger partial charge in [0.15, 0.2) is 11.5 Å². The van der Waals surface area contributed by atoms with Gasteiger partial charge < -0.3 is 9.84 Å². The first-order valence-corrected chi connectivity index (χ1v) is 7.96. The Morgan fingerprint density at radius 1 is 1.23 bits per heavy atom. The predicted octanol–water partition coefficient (Wildman–Crippen LogP) is 2.37. The Balaban J connectivity index is 2.11. The Kier molecular flexibility index (Phi) is 4.89. The molecule has 0 aliphatic carbocycles. The number of phenolic OH excluding ortho intramolecular Hbond substituents is 1. The fourth-order valence-corrected chi connectivity index (χ4v) is 2.54. The molecule has 0 saturated heterocycles. The Morgan fingerprint density at radius 2 is 1.91 bits per heavy atom. The second kappa shape index (κ2) is 6.67. The maximum atomic E-state index is 12.0. The van der Waals surface area contributed by atoms with Gasteiger partial charge in [-0.3, -0.25) is 0 Å². The van der Waals surface area contributed by atoms with Gasteiger partial charge in [-0.2, -0.15) is 13.5 Å². The van der Waals surface area contributed by atoms with E-state index in [0.717, 1.165) is 0 Å². The van der Waals surface area contributed by atoms with Crippen molar-refractivity contribution in [3.63, 3.8) is 0 Å². The number of sulfonamides is 1. The van der Waals surface area contributed by atoms with Crippen LogP contribution < -0.4 is 9.57 Å². The topological polar surface area (TPSA) is 88.0 Å². The van der Waals surface area contributed by atoms with E-state index in [1.807, 2.05) is 0 Å². The molecule has 8 heteroatoms. The Bertz CT molecular complexity index is 789. The van der Waals surface area contributed by atoms with E-state index in [4.69, 9.17) is 16.3 Å². The first-order valence-electron chi connectivity index (χ1n) is 6.10. The molecule has 2 N–H and O–H groups in total. The second-order valence-corrected chi connectivity index (χ2v) is 6.34. The number of aromatic hydroxyl groups is 1. The van der Waals surface area contributed by atoms with E-state index in [-0.39, 0.29) is 10.6 Å². The summed E-state index contributed by atoms with van der Waals surface area (Å²) < 4.78 is 28.8. The molecule has 0 atom stereocenters. The standard InChI is InChI=1S/C14H13ClN2O4S/c1-21-14-7-2-10(8-13(14)18)9-16-17-22(19,20)12-5-3-11(15)4-6-12/h2-9,17-18H,1H3/b16-9+. The van der Waals surface area contributed by atoms with Gasteiger partial charge in [-0.25, -0.2) is 4.83 Å². The Morgan fingerprint density at radius 3 is 2.50 bits per heavy atom. The molecular formula is C14H13ClN2O4S. The van der Waals surface area contributed by atoms with Gasteiger partial charge in [0.25, 0.3) is 10.0 Å². The van der Waals surface area contributed by atoms with Crippen molar-refractivity contribution < 1.29 is 18.3 Å². The first-order chi connectivity index (χ1) is 10.4. The first kappa shape index (κ1) is 16.1. The van der Waals surface area contributed by atoms with E-state index in [0.29, 0.717) is 16.3 Å². The minimum Gasteiger partial charge on any atom is -0.504 e. The highest BCUT2D eigenvalue weighted by Gasteiger charge is 2.12. The van der Waals surface area contributed by atoms with Crippen molar-refractivity contribution in [3.05, 3.63) is 53.1 Å². The summed E-state index contributed by atoms with van der Waals surface area (Å²) in [4.78, 5) is 2.12. The molecule has 22 heavy (non-hydrogen) atoms. The summed E-state index contributed by atoms with van der Waals surface area (Å²) in [5.41, 5.74) is 0.511. The number of methoxy groups -OCH3 is 1. The molecule has 0 aliphatic rings. The van der Waals surface area contributed by atoms with Crippen LogP contribution in [0.25, 0.3) is 0 Å². The van der Waals surface area contributed by atoms with Gasteiger partial charge in [-0.05, 0) is 48.0 Å². The SMILES string of the molecule is COc1ccc(/C=N/NS(=O)(=O)c2ccc(Cl)cc2)cc1O. The molecule has 0 radical (unpaired) electrons. The lowest BCUT2D eigenvalue weighted by Crippen LogP contribution is -2.18. The van der Waals surface area contributed by atoms with Crippen molar-refractivity contribution in [1.29, 1.82) is 0 Å². The van der Waals surface area contributed by atoms with E-state index in [9.17, 15) is 13.5 Å². The molecule has 0 bridgehead atoms. The van der Waals surface area contributed by atoms with Gasteiger partial charge >= 0.3 is 0 Å². The van der Waals surface area contributed by atoms with Crippen LogP contribution in [-0.4, -0.2) is 26.8 Å². The monoisotopic (exact) mass is 340 g/mol. The number of rotatable bonds is 5. The van der Waals surface area contributed by atoms with Crippen molar-refractivity contribution in [2.75, 3.05) is 7.11 Å². The van der Waals surface area contributed by atoms with E-state index < -0.39 is 10.0 Å². The Hall–Kier alpha value is -2.25. The largest absolute Gasteiger partial charge is 0.504 e. The fourth-order valence-electron chi connectivity index (χ4n) is 1.62. The summed E-state index contributed by atoms with van der Waals surface area (Å²) in [7, 11) is -2.33. The van der Waals surface area contributed by atoms with E-state index >= 15 is 0 Å². The van der Waals surface area contributed by atoms with Crippen LogP contribution in [0, 0.1) is 0 Å². The number of phenols is 1. The van der Waals surface area contributed by atoms with E-state index in [2.05, 4.69) is 9.93 Å².